The fourth-order valence-electron chi connectivity index (χ4n) is 5.90. The third kappa shape index (κ3) is 10.9. The molecule has 0 spiro atoms. The average Bonchev–Trinajstić information content (AvgIpc) is 3.07. The fraction of sp³-hybridized carbons (Fsp3) is 0.528. The highest BCUT2D eigenvalue weighted by Crippen LogP contribution is 2.20. The number of carbonyl (C=O) groups is 5. The van der Waals surface area contributed by atoms with E-state index in [1.165, 1.54) is 0 Å². The third-order valence-electron chi connectivity index (χ3n) is 8.62. The summed E-state index contributed by atoms with van der Waals surface area (Å²) in [4.78, 5) is 68.8. The minimum Gasteiger partial charge on any atom is -0.381 e. The van der Waals surface area contributed by atoms with Crippen molar-refractivity contribution in [1.82, 2.24) is 26.2 Å². The lowest BCUT2D eigenvalue weighted by Gasteiger charge is -2.29. The van der Waals surface area contributed by atoms with Gasteiger partial charge in [0, 0.05) is 50.8 Å². The zero-order valence-corrected chi connectivity index (χ0v) is 27.8. The molecule has 11 heteroatoms. The molecule has 1 fully saturated rings. The summed E-state index contributed by atoms with van der Waals surface area (Å²) in [6.07, 6.45) is 3.27. The number of rotatable bonds is 5. The number of nitrogens with zero attached hydrogens (tertiary/aromatic N) is 1. The molecule has 2 aromatic carbocycles. The first-order valence-corrected chi connectivity index (χ1v) is 16.8. The first-order valence-electron chi connectivity index (χ1n) is 16.8. The van der Waals surface area contributed by atoms with E-state index < -0.39 is 35.8 Å². The first kappa shape index (κ1) is 35.6. The Morgan fingerprint density at radius 2 is 1.53 bits per heavy atom. The van der Waals surface area contributed by atoms with E-state index in [1.54, 1.807) is 19.1 Å². The minimum absolute atomic E-state index is 0.0724. The first-order chi connectivity index (χ1) is 22.6. The van der Waals surface area contributed by atoms with Gasteiger partial charge in [-0.25, -0.2) is 0 Å². The van der Waals surface area contributed by atoms with Crippen LogP contribution in [0.25, 0.3) is 0 Å². The van der Waals surface area contributed by atoms with Crippen LogP contribution in [0.4, 0.5) is 0 Å². The molecule has 3 aliphatic rings. The van der Waals surface area contributed by atoms with Gasteiger partial charge in [-0.05, 0) is 68.2 Å². The average molecular weight is 648 g/mol. The molecule has 3 aliphatic heterocycles. The van der Waals surface area contributed by atoms with Gasteiger partial charge in [-0.15, -0.1) is 0 Å². The van der Waals surface area contributed by atoms with Crippen molar-refractivity contribution >= 4 is 29.5 Å². The van der Waals surface area contributed by atoms with Crippen molar-refractivity contribution in [3.8, 4) is 0 Å². The van der Waals surface area contributed by atoms with Crippen LogP contribution in [0.2, 0.25) is 0 Å². The van der Waals surface area contributed by atoms with E-state index in [1.807, 2.05) is 61.2 Å². The smallest absolute Gasteiger partial charge is 0.251 e. The number of hydrogen-bond acceptors (Lipinski definition) is 6. The molecule has 3 heterocycles. The summed E-state index contributed by atoms with van der Waals surface area (Å²) in [5, 5.41) is 11.4. The molecule has 5 amide bonds. The third-order valence-corrected chi connectivity index (χ3v) is 8.62. The molecule has 11 nitrogen and oxygen atoms in total. The van der Waals surface area contributed by atoms with Crippen LogP contribution in [0.15, 0.2) is 54.6 Å². The highest BCUT2D eigenvalue weighted by molar-refractivity contribution is 5.99. The normalized spacial score (nSPS) is 22.9. The van der Waals surface area contributed by atoms with Gasteiger partial charge in [-0.1, -0.05) is 56.3 Å². The number of hydrogen-bond donors (Lipinski definition) is 4. The summed E-state index contributed by atoms with van der Waals surface area (Å²) in [6, 6.07) is 13.7. The van der Waals surface area contributed by atoms with Crippen molar-refractivity contribution < 1.29 is 28.7 Å². The van der Waals surface area contributed by atoms with Gasteiger partial charge in [0.1, 0.15) is 18.1 Å². The molecule has 5 rings (SSSR count). The molecule has 1 saturated heterocycles. The summed E-state index contributed by atoms with van der Waals surface area (Å²) >= 11 is 0. The highest BCUT2D eigenvalue weighted by Gasteiger charge is 2.30. The van der Waals surface area contributed by atoms with Gasteiger partial charge in [0.15, 0.2) is 0 Å². The van der Waals surface area contributed by atoms with Crippen LogP contribution in [0.5, 0.6) is 0 Å². The number of fused-ring (bicyclic) bond motifs is 18. The van der Waals surface area contributed by atoms with Gasteiger partial charge in [0.2, 0.25) is 23.6 Å². The van der Waals surface area contributed by atoms with Gasteiger partial charge in [0.25, 0.3) is 5.91 Å². The maximum absolute atomic E-state index is 13.7. The van der Waals surface area contributed by atoms with Gasteiger partial charge in [-0.2, -0.15) is 0 Å². The van der Waals surface area contributed by atoms with E-state index in [4.69, 9.17) is 4.74 Å². The van der Waals surface area contributed by atoms with Crippen LogP contribution in [-0.2, 0) is 36.9 Å². The number of nitrogens with one attached hydrogen (secondary N) is 4. The summed E-state index contributed by atoms with van der Waals surface area (Å²) < 4.78 is 5.46. The summed E-state index contributed by atoms with van der Waals surface area (Å²) in [5.41, 5.74) is 2.11. The van der Waals surface area contributed by atoms with Crippen LogP contribution in [0.1, 0.15) is 74.4 Å². The van der Waals surface area contributed by atoms with E-state index in [0.717, 1.165) is 11.1 Å². The van der Waals surface area contributed by atoms with Crippen molar-refractivity contribution in [2.75, 3.05) is 26.3 Å². The predicted molar refractivity (Wildman–Crippen MR) is 178 cm³/mol. The molecular formula is C36H49N5O6. The Labute approximate surface area is 277 Å². The molecule has 3 atom stereocenters. The molecular weight excluding hydrogens is 598 g/mol. The van der Waals surface area contributed by atoms with Gasteiger partial charge >= 0.3 is 0 Å². The Kier molecular flexibility index (Phi) is 13.3. The molecule has 4 N–H and O–H groups in total. The largest absolute Gasteiger partial charge is 0.381 e. The monoisotopic (exact) mass is 647 g/mol. The lowest BCUT2D eigenvalue weighted by molar-refractivity contribution is -0.139. The number of ether oxygens (including phenoxy) is 1. The van der Waals surface area contributed by atoms with Crippen molar-refractivity contribution in [3.05, 3.63) is 71.3 Å². The van der Waals surface area contributed by atoms with Gasteiger partial charge in [-0.3, -0.25) is 24.0 Å². The van der Waals surface area contributed by atoms with E-state index >= 15 is 0 Å². The van der Waals surface area contributed by atoms with Crippen LogP contribution >= 0.6 is 0 Å². The van der Waals surface area contributed by atoms with E-state index in [2.05, 4.69) is 21.3 Å². The van der Waals surface area contributed by atoms with Gasteiger partial charge < -0.3 is 30.9 Å². The van der Waals surface area contributed by atoms with Crippen LogP contribution < -0.4 is 21.3 Å². The van der Waals surface area contributed by atoms with Crippen molar-refractivity contribution in [2.45, 2.75) is 84.0 Å². The topological polar surface area (TPSA) is 146 Å². The van der Waals surface area contributed by atoms with Crippen molar-refractivity contribution in [1.29, 1.82) is 0 Å². The molecule has 47 heavy (non-hydrogen) atoms. The summed E-state index contributed by atoms with van der Waals surface area (Å²) in [6.45, 7) is 7.94. The van der Waals surface area contributed by atoms with E-state index in [-0.39, 0.29) is 30.1 Å². The maximum atomic E-state index is 13.7. The molecule has 0 radical (unpaired) electrons. The molecule has 0 aromatic heterocycles. The SMILES string of the molecule is CC(C)C[C@@H]1NC(=O)[C@@H](Cc2ccccc2)NC(=O)c2ccc(cc2)CN(C(=O)C2CCOCC2)CCCCNC(=O)[C@@H](C)NC1=O. The Hall–Kier alpha value is -4.25. The quantitative estimate of drug-likeness (QED) is 0.368. The molecule has 0 saturated carbocycles. The zero-order valence-electron chi connectivity index (χ0n) is 27.8. The number of carbonyl (C=O) groups excluding carboxylic acids is 5. The lowest BCUT2D eigenvalue weighted by atomic mass is 9.98. The van der Waals surface area contributed by atoms with Gasteiger partial charge in [0.05, 0.1) is 0 Å². The fourth-order valence-corrected chi connectivity index (χ4v) is 5.90. The maximum Gasteiger partial charge on any atom is 0.251 e. The lowest BCUT2D eigenvalue weighted by Crippen LogP contribution is -2.57. The van der Waals surface area contributed by atoms with E-state index in [0.29, 0.717) is 70.5 Å². The summed E-state index contributed by atoms with van der Waals surface area (Å²) in [5.74, 6) is -1.66. The Bertz CT molecular complexity index is 1360. The number of benzene rings is 2. The van der Waals surface area contributed by atoms with Crippen LogP contribution in [0, 0.1) is 11.8 Å². The van der Waals surface area contributed by atoms with Crippen molar-refractivity contribution in [2.24, 2.45) is 11.8 Å². The van der Waals surface area contributed by atoms with Crippen LogP contribution in [0.3, 0.4) is 0 Å². The second kappa shape index (κ2) is 17.6. The Morgan fingerprint density at radius 1 is 0.851 bits per heavy atom. The molecule has 0 unspecified atom stereocenters. The Morgan fingerprint density at radius 3 is 2.21 bits per heavy atom. The standard InChI is InChI=1S/C36H49N5O6/c1-24(2)21-30-34(44)38-25(3)32(42)37-17-7-8-18-41(36(46)29-15-19-47-20-16-29)23-27-11-13-28(14-12-27)33(43)39-31(35(45)40-30)22-26-9-5-4-6-10-26/h4-6,9-14,24-25,29-31H,7-8,15-23H2,1-3H3,(H,37,42)(H,38,44)(H,39,43)(H,40,45)/t25-,30+,31-/m1/s1. The highest BCUT2D eigenvalue weighted by atomic mass is 16.5. The molecule has 0 aliphatic carbocycles. The molecule has 2 aromatic rings. The molecule has 2 bridgehead atoms. The zero-order chi connectivity index (χ0) is 33.8. The molecule has 254 valence electrons. The second-order valence-corrected chi connectivity index (χ2v) is 13.0. The van der Waals surface area contributed by atoms with Crippen LogP contribution in [-0.4, -0.2) is 78.9 Å². The van der Waals surface area contributed by atoms with Crippen molar-refractivity contribution in [3.63, 3.8) is 0 Å². The number of amides is 5. The Balaban J connectivity index is 1.59. The summed E-state index contributed by atoms with van der Waals surface area (Å²) in [7, 11) is 0. The predicted octanol–water partition coefficient (Wildman–Crippen LogP) is 2.73. The second-order valence-electron chi connectivity index (χ2n) is 13.0. The van der Waals surface area contributed by atoms with E-state index in [9.17, 15) is 24.0 Å². The minimum atomic E-state index is -0.963.